The molecule has 0 aliphatic rings. The molecule has 0 amide bonds. The number of hydrogen-bond acceptors (Lipinski definition) is 13. The van der Waals surface area contributed by atoms with Crippen molar-refractivity contribution in [3.63, 3.8) is 0 Å². The first kappa shape index (κ1) is 27.3. The van der Waals surface area contributed by atoms with Crippen LogP contribution in [0.15, 0.2) is 52.3 Å². The van der Waals surface area contributed by atoms with Crippen LogP contribution in [0.3, 0.4) is 0 Å². The number of rotatable bonds is 8. The zero-order chi connectivity index (χ0) is 27.7. The van der Waals surface area contributed by atoms with Gasteiger partial charge >= 0.3 is 0 Å². The third kappa shape index (κ3) is 6.97. The molecule has 2 heterocycles. The fourth-order valence-electron chi connectivity index (χ4n) is 3.00. The van der Waals surface area contributed by atoms with Crippen LogP contribution in [-0.4, -0.2) is 55.8 Å². The molecule has 2 aromatic heterocycles. The predicted molar refractivity (Wildman–Crippen MR) is 137 cm³/mol. The highest BCUT2D eigenvalue weighted by molar-refractivity contribution is 7.86. The van der Waals surface area contributed by atoms with Crippen LogP contribution in [0.5, 0.6) is 0 Å². The largest absolute Gasteiger partial charge is 0.324 e. The standard InChI is InChI=1S/C19H15Cl2N9O6S2/c1-9-22-15(20)27-17(23-9)25-11-5-6-13(14(8-11)38(34,35)36)26-19-29-16(21)28-18(30-19)24-10-3-2-4-12(7-10)37(31,32)33/h2-8H,1H3,(H,31,32,33)(H,34,35,36)(H,22,23,25,27)(H2,24,26,28,29,30). The SMILES string of the molecule is Cc1nc(Cl)nc(Nc2ccc(Nc3nc(Cl)nc(Nc4cccc(S(=O)(=O)O)c4)n3)c(S(=O)(=O)O)c2)n1. The van der Waals surface area contributed by atoms with Crippen molar-refractivity contribution in [3.8, 4) is 0 Å². The van der Waals surface area contributed by atoms with Crippen LogP contribution >= 0.6 is 23.2 Å². The van der Waals surface area contributed by atoms with Crippen molar-refractivity contribution >= 4 is 78.3 Å². The molecular weight excluding hydrogens is 585 g/mol. The first-order valence-corrected chi connectivity index (χ1v) is 13.7. The van der Waals surface area contributed by atoms with Crippen molar-refractivity contribution < 1.29 is 25.9 Å². The highest BCUT2D eigenvalue weighted by Gasteiger charge is 2.19. The molecule has 0 bridgehead atoms. The highest BCUT2D eigenvalue weighted by Crippen LogP contribution is 2.29. The van der Waals surface area contributed by atoms with E-state index in [-0.39, 0.29) is 50.4 Å². The molecule has 0 saturated heterocycles. The molecule has 0 fully saturated rings. The fourth-order valence-corrected chi connectivity index (χ4v) is 4.56. The molecule has 15 nitrogen and oxygen atoms in total. The van der Waals surface area contributed by atoms with Crippen LogP contribution in [0.25, 0.3) is 0 Å². The molecule has 198 valence electrons. The molecule has 4 rings (SSSR count). The molecule has 0 saturated carbocycles. The molecule has 5 N–H and O–H groups in total. The Labute approximate surface area is 225 Å². The molecule has 0 unspecified atom stereocenters. The topological polar surface area (TPSA) is 222 Å². The van der Waals surface area contributed by atoms with E-state index in [1.165, 1.54) is 30.3 Å². The van der Waals surface area contributed by atoms with Crippen LogP contribution in [0.2, 0.25) is 10.6 Å². The predicted octanol–water partition coefficient (Wildman–Crippen LogP) is 3.40. The van der Waals surface area contributed by atoms with Crippen molar-refractivity contribution in [1.82, 2.24) is 29.9 Å². The average Bonchev–Trinajstić information content (AvgIpc) is 2.78. The van der Waals surface area contributed by atoms with E-state index >= 15 is 0 Å². The van der Waals surface area contributed by atoms with Crippen molar-refractivity contribution in [2.24, 2.45) is 0 Å². The molecule has 0 atom stereocenters. The highest BCUT2D eigenvalue weighted by atomic mass is 35.5. The van der Waals surface area contributed by atoms with E-state index in [2.05, 4.69) is 45.9 Å². The Morgan fingerprint density at radius 3 is 1.87 bits per heavy atom. The number of nitrogens with zero attached hydrogens (tertiary/aromatic N) is 6. The summed E-state index contributed by atoms with van der Waals surface area (Å²) in [7, 11) is -9.21. The maximum absolute atomic E-state index is 12.1. The number of anilines is 6. The first-order chi connectivity index (χ1) is 17.8. The lowest BCUT2D eigenvalue weighted by atomic mass is 10.3. The summed E-state index contributed by atoms with van der Waals surface area (Å²) in [5.41, 5.74) is 0.264. The van der Waals surface area contributed by atoms with Gasteiger partial charge in [0.25, 0.3) is 20.2 Å². The molecular formula is C19H15Cl2N9O6S2. The van der Waals surface area contributed by atoms with Gasteiger partial charge in [0.05, 0.1) is 10.6 Å². The zero-order valence-electron chi connectivity index (χ0n) is 18.8. The van der Waals surface area contributed by atoms with Gasteiger partial charge in [-0.3, -0.25) is 9.11 Å². The molecule has 38 heavy (non-hydrogen) atoms. The molecule has 0 spiro atoms. The maximum atomic E-state index is 12.1. The van der Waals surface area contributed by atoms with Crippen LogP contribution < -0.4 is 16.0 Å². The van der Waals surface area contributed by atoms with Crippen LogP contribution in [0, 0.1) is 6.92 Å². The second kappa shape index (κ2) is 10.6. The monoisotopic (exact) mass is 599 g/mol. The molecule has 4 aromatic rings. The Morgan fingerprint density at radius 2 is 1.26 bits per heavy atom. The van der Waals surface area contributed by atoms with Gasteiger partial charge in [-0.2, -0.15) is 41.8 Å². The fraction of sp³-hybridized carbons (Fsp3) is 0.0526. The van der Waals surface area contributed by atoms with Gasteiger partial charge in [0.1, 0.15) is 10.7 Å². The number of nitrogens with one attached hydrogen (secondary N) is 3. The van der Waals surface area contributed by atoms with Crippen molar-refractivity contribution in [2.45, 2.75) is 16.7 Å². The summed E-state index contributed by atoms with van der Waals surface area (Å²) in [4.78, 5) is 22.7. The number of hydrogen-bond donors (Lipinski definition) is 5. The minimum absolute atomic E-state index is 0.0440. The third-order valence-electron chi connectivity index (χ3n) is 4.48. The lowest BCUT2D eigenvalue weighted by Crippen LogP contribution is -2.08. The van der Waals surface area contributed by atoms with Gasteiger partial charge < -0.3 is 16.0 Å². The third-order valence-corrected chi connectivity index (χ3v) is 6.56. The number of aromatic nitrogens is 6. The van der Waals surface area contributed by atoms with E-state index in [9.17, 15) is 25.9 Å². The summed E-state index contributed by atoms with van der Waals surface area (Å²) in [6, 6.07) is 9.02. The quantitative estimate of drug-likeness (QED) is 0.183. The van der Waals surface area contributed by atoms with Crippen molar-refractivity contribution in [2.75, 3.05) is 16.0 Å². The van der Waals surface area contributed by atoms with Gasteiger partial charge in [0.2, 0.25) is 28.4 Å². The Kier molecular flexibility index (Phi) is 7.58. The van der Waals surface area contributed by atoms with Gasteiger partial charge in [0, 0.05) is 11.4 Å². The van der Waals surface area contributed by atoms with Gasteiger partial charge in [0.15, 0.2) is 0 Å². The van der Waals surface area contributed by atoms with E-state index in [4.69, 9.17) is 23.2 Å². The molecule has 0 aliphatic carbocycles. The van der Waals surface area contributed by atoms with Crippen LogP contribution in [0.1, 0.15) is 5.82 Å². The summed E-state index contributed by atoms with van der Waals surface area (Å²) >= 11 is 11.8. The summed E-state index contributed by atoms with van der Waals surface area (Å²) in [5, 5.41) is 7.73. The van der Waals surface area contributed by atoms with E-state index in [0.717, 1.165) is 12.1 Å². The lowest BCUT2D eigenvalue weighted by Gasteiger charge is -2.13. The second-order valence-corrected chi connectivity index (χ2v) is 10.8. The Bertz CT molecular complexity index is 1740. The van der Waals surface area contributed by atoms with Crippen LogP contribution in [-0.2, 0) is 20.2 Å². The summed E-state index contributed by atoms with van der Waals surface area (Å²) < 4.78 is 66.0. The summed E-state index contributed by atoms with van der Waals surface area (Å²) in [5.74, 6) is 0.00170. The number of benzene rings is 2. The smallest absolute Gasteiger partial charge is 0.296 e. The van der Waals surface area contributed by atoms with Crippen molar-refractivity contribution in [3.05, 3.63) is 58.9 Å². The summed E-state index contributed by atoms with van der Waals surface area (Å²) in [6.45, 7) is 1.59. The van der Waals surface area contributed by atoms with Gasteiger partial charge in [-0.25, -0.2) is 4.98 Å². The van der Waals surface area contributed by atoms with Gasteiger partial charge in [-0.15, -0.1) is 0 Å². The zero-order valence-corrected chi connectivity index (χ0v) is 22.0. The van der Waals surface area contributed by atoms with Gasteiger partial charge in [-0.1, -0.05) is 6.07 Å². The summed E-state index contributed by atoms with van der Waals surface area (Å²) in [6.07, 6.45) is 0. The molecule has 2 aromatic carbocycles. The molecule has 0 radical (unpaired) electrons. The van der Waals surface area contributed by atoms with Gasteiger partial charge in [-0.05, 0) is 66.5 Å². The Balaban J connectivity index is 1.63. The van der Waals surface area contributed by atoms with E-state index in [0.29, 0.717) is 5.82 Å². The van der Waals surface area contributed by atoms with Crippen molar-refractivity contribution in [1.29, 1.82) is 0 Å². The number of aryl methyl sites for hydroxylation is 1. The van der Waals surface area contributed by atoms with E-state index in [1.807, 2.05) is 0 Å². The molecule has 19 heteroatoms. The maximum Gasteiger partial charge on any atom is 0.296 e. The Hall–Kier alpha value is -3.74. The average molecular weight is 600 g/mol. The van der Waals surface area contributed by atoms with Crippen LogP contribution in [0.4, 0.5) is 34.9 Å². The second-order valence-electron chi connectivity index (χ2n) is 7.29. The van der Waals surface area contributed by atoms with E-state index < -0.39 is 25.1 Å². The molecule has 0 aliphatic heterocycles. The Morgan fingerprint density at radius 1 is 0.684 bits per heavy atom. The first-order valence-electron chi connectivity index (χ1n) is 10.1. The number of halogens is 2. The minimum atomic E-state index is -4.75. The van der Waals surface area contributed by atoms with E-state index in [1.54, 1.807) is 6.92 Å². The lowest BCUT2D eigenvalue weighted by molar-refractivity contribution is 0.481. The normalized spacial score (nSPS) is 11.7. The minimum Gasteiger partial charge on any atom is -0.324 e.